The normalized spacial score (nSPS) is 11.8. The summed E-state index contributed by atoms with van der Waals surface area (Å²) in [6, 6.07) is 10.5. The van der Waals surface area contributed by atoms with E-state index < -0.39 is 23.2 Å². The van der Waals surface area contributed by atoms with Crippen molar-refractivity contribution in [1.82, 2.24) is 5.32 Å². The quantitative estimate of drug-likeness (QED) is 0.843. The average molecular weight is 364 g/mol. The largest absolute Gasteiger partial charge is 0.418 e. The second-order valence-electron chi connectivity index (χ2n) is 6.78. The molecule has 0 heterocycles. The number of benzene rings is 2. The molecule has 0 bridgehead atoms. The first-order valence-corrected chi connectivity index (χ1v) is 7.87. The van der Waals surface area contributed by atoms with E-state index in [0.29, 0.717) is 0 Å². The summed E-state index contributed by atoms with van der Waals surface area (Å²) in [7, 11) is 0. The van der Waals surface area contributed by atoms with Gasteiger partial charge in [-0.05, 0) is 51.1 Å². The van der Waals surface area contributed by atoms with Gasteiger partial charge in [-0.1, -0.05) is 18.2 Å². The van der Waals surface area contributed by atoms with Crippen molar-refractivity contribution >= 4 is 17.5 Å². The smallest absolute Gasteiger partial charge is 0.347 e. The fourth-order valence-electron chi connectivity index (χ4n) is 2.25. The van der Waals surface area contributed by atoms with Crippen LogP contribution >= 0.6 is 0 Å². The predicted octanol–water partition coefficient (Wildman–Crippen LogP) is 4.49. The van der Waals surface area contributed by atoms with Crippen molar-refractivity contribution in [2.75, 3.05) is 5.32 Å². The minimum absolute atomic E-state index is 0.0866. The second kappa shape index (κ2) is 7.19. The maximum atomic E-state index is 13.0. The monoisotopic (exact) mass is 364 g/mol. The summed E-state index contributed by atoms with van der Waals surface area (Å²) in [5.74, 6) is -1.10. The van der Waals surface area contributed by atoms with Gasteiger partial charge in [0.15, 0.2) is 0 Å². The Labute approximate surface area is 149 Å². The van der Waals surface area contributed by atoms with E-state index >= 15 is 0 Å². The van der Waals surface area contributed by atoms with Crippen LogP contribution in [0.25, 0.3) is 0 Å². The third-order valence-corrected chi connectivity index (χ3v) is 3.36. The van der Waals surface area contributed by atoms with Gasteiger partial charge in [0.05, 0.1) is 11.3 Å². The number of rotatable bonds is 3. The standard InChI is InChI=1S/C19H19F3N2O2/c1-18(2,3)24-17(26)13-8-6-7-12(11-13)16(25)23-15-10-5-4-9-14(15)19(20,21)22/h4-11H,1-3H3,(H,23,25)(H,24,26). The summed E-state index contributed by atoms with van der Waals surface area (Å²) in [5, 5.41) is 5.02. The summed E-state index contributed by atoms with van der Waals surface area (Å²) in [5.41, 5.74) is -1.40. The Morgan fingerprint density at radius 3 is 2.00 bits per heavy atom. The van der Waals surface area contributed by atoms with E-state index in [4.69, 9.17) is 0 Å². The third kappa shape index (κ3) is 5.08. The summed E-state index contributed by atoms with van der Waals surface area (Å²) >= 11 is 0. The van der Waals surface area contributed by atoms with E-state index in [1.807, 2.05) is 20.8 Å². The van der Waals surface area contributed by atoms with E-state index in [1.54, 1.807) is 0 Å². The van der Waals surface area contributed by atoms with E-state index in [9.17, 15) is 22.8 Å². The lowest BCUT2D eigenvalue weighted by atomic mass is 10.1. The number of anilines is 1. The van der Waals surface area contributed by atoms with Crippen LogP contribution in [0.4, 0.5) is 18.9 Å². The maximum Gasteiger partial charge on any atom is 0.418 e. The van der Waals surface area contributed by atoms with Crippen LogP contribution in [0.3, 0.4) is 0 Å². The van der Waals surface area contributed by atoms with Gasteiger partial charge in [0.1, 0.15) is 0 Å². The SMILES string of the molecule is CC(C)(C)NC(=O)c1cccc(C(=O)Nc2ccccc2C(F)(F)F)c1. The molecule has 0 aliphatic rings. The first-order valence-electron chi connectivity index (χ1n) is 7.87. The highest BCUT2D eigenvalue weighted by molar-refractivity contribution is 6.06. The summed E-state index contributed by atoms with van der Waals surface area (Å²) < 4.78 is 39.1. The lowest BCUT2D eigenvalue weighted by molar-refractivity contribution is -0.136. The Kier molecular flexibility index (Phi) is 5.39. The average Bonchev–Trinajstić information content (AvgIpc) is 2.53. The number of halogens is 3. The van der Waals surface area contributed by atoms with E-state index in [0.717, 1.165) is 6.07 Å². The van der Waals surface area contributed by atoms with Crippen LogP contribution in [-0.2, 0) is 6.18 Å². The van der Waals surface area contributed by atoms with Gasteiger partial charge in [0.2, 0.25) is 0 Å². The number of carbonyl (C=O) groups is 2. The molecule has 0 fully saturated rings. The minimum Gasteiger partial charge on any atom is -0.347 e. The molecule has 2 N–H and O–H groups in total. The Morgan fingerprint density at radius 1 is 0.846 bits per heavy atom. The molecule has 138 valence electrons. The molecule has 7 heteroatoms. The third-order valence-electron chi connectivity index (χ3n) is 3.36. The zero-order valence-electron chi connectivity index (χ0n) is 14.6. The number of carbonyl (C=O) groups excluding carboxylic acids is 2. The van der Waals surface area contributed by atoms with Gasteiger partial charge in [-0.3, -0.25) is 9.59 Å². The first-order chi connectivity index (χ1) is 12.0. The highest BCUT2D eigenvalue weighted by Gasteiger charge is 2.33. The van der Waals surface area contributed by atoms with Gasteiger partial charge >= 0.3 is 6.18 Å². The van der Waals surface area contributed by atoms with Crippen LogP contribution in [-0.4, -0.2) is 17.4 Å². The number of amides is 2. The molecule has 0 atom stereocenters. The Morgan fingerprint density at radius 2 is 1.42 bits per heavy atom. The molecule has 0 aliphatic heterocycles. The van der Waals surface area contributed by atoms with Gasteiger partial charge < -0.3 is 10.6 Å². The zero-order valence-corrected chi connectivity index (χ0v) is 14.6. The highest BCUT2D eigenvalue weighted by atomic mass is 19.4. The molecule has 26 heavy (non-hydrogen) atoms. The Bertz CT molecular complexity index is 824. The number of alkyl halides is 3. The number of nitrogens with one attached hydrogen (secondary N) is 2. The number of hydrogen-bond donors (Lipinski definition) is 2. The second-order valence-corrected chi connectivity index (χ2v) is 6.78. The molecule has 0 aliphatic carbocycles. The van der Waals surface area contributed by atoms with Crippen LogP contribution < -0.4 is 10.6 Å². The van der Waals surface area contributed by atoms with Crippen molar-refractivity contribution in [3.05, 3.63) is 65.2 Å². The van der Waals surface area contributed by atoms with Gasteiger partial charge in [-0.25, -0.2) is 0 Å². The lowest BCUT2D eigenvalue weighted by Gasteiger charge is -2.20. The maximum absolute atomic E-state index is 13.0. The van der Waals surface area contributed by atoms with Gasteiger partial charge in [0.25, 0.3) is 11.8 Å². The molecule has 4 nitrogen and oxygen atoms in total. The van der Waals surface area contributed by atoms with Crippen molar-refractivity contribution < 1.29 is 22.8 Å². The molecular weight excluding hydrogens is 345 g/mol. The number of hydrogen-bond acceptors (Lipinski definition) is 2. The molecule has 2 aromatic rings. The summed E-state index contributed by atoms with van der Waals surface area (Å²) in [6.45, 7) is 5.45. The Balaban J connectivity index is 2.24. The minimum atomic E-state index is -4.59. The van der Waals surface area contributed by atoms with E-state index in [-0.39, 0.29) is 22.7 Å². The molecule has 2 rings (SSSR count). The molecule has 0 radical (unpaired) electrons. The molecule has 0 spiro atoms. The first kappa shape index (κ1) is 19.5. The van der Waals surface area contributed by atoms with Crippen LogP contribution in [0.1, 0.15) is 47.1 Å². The molecule has 2 amide bonds. The molecular formula is C19H19F3N2O2. The lowest BCUT2D eigenvalue weighted by Crippen LogP contribution is -2.40. The molecule has 2 aromatic carbocycles. The predicted molar refractivity (Wildman–Crippen MR) is 93.1 cm³/mol. The van der Waals surface area contributed by atoms with Crippen LogP contribution in [0, 0.1) is 0 Å². The molecule has 0 saturated heterocycles. The van der Waals surface area contributed by atoms with Gasteiger partial charge in [-0.2, -0.15) is 13.2 Å². The number of para-hydroxylation sites is 1. The fourth-order valence-corrected chi connectivity index (χ4v) is 2.25. The zero-order chi connectivity index (χ0) is 19.5. The van der Waals surface area contributed by atoms with E-state index in [1.165, 1.54) is 42.5 Å². The molecule has 0 aromatic heterocycles. The van der Waals surface area contributed by atoms with E-state index in [2.05, 4.69) is 10.6 Å². The van der Waals surface area contributed by atoms with Crippen molar-refractivity contribution in [3.63, 3.8) is 0 Å². The van der Waals surface area contributed by atoms with Crippen molar-refractivity contribution in [1.29, 1.82) is 0 Å². The van der Waals surface area contributed by atoms with Gasteiger partial charge in [0, 0.05) is 16.7 Å². The van der Waals surface area contributed by atoms with Crippen molar-refractivity contribution in [2.24, 2.45) is 0 Å². The van der Waals surface area contributed by atoms with Crippen molar-refractivity contribution in [3.8, 4) is 0 Å². The van der Waals surface area contributed by atoms with Gasteiger partial charge in [-0.15, -0.1) is 0 Å². The summed E-state index contributed by atoms with van der Waals surface area (Å²) in [6.07, 6.45) is -4.59. The van der Waals surface area contributed by atoms with Crippen LogP contribution in [0.15, 0.2) is 48.5 Å². The summed E-state index contributed by atoms with van der Waals surface area (Å²) in [4.78, 5) is 24.5. The molecule has 0 saturated carbocycles. The van der Waals surface area contributed by atoms with Crippen LogP contribution in [0.5, 0.6) is 0 Å². The fraction of sp³-hybridized carbons (Fsp3) is 0.263. The van der Waals surface area contributed by atoms with Crippen LogP contribution in [0.2, 0.25) is 0 Å². The molecule has 0 unspecified atom stereocenters. The highest BCUT2D eigenvalue weighted by Crippen LogP contribution is 2.34. The Hall–Kier alpha value is -2.83. The van der Waals surface area contributed by atoms with Crippen molar-refractivity contribution in [2.45, 2.75) is 32.5 Å². The topological polar surface area (TPSA) is 58.2 Å².